The van der Waals surface area contributed by atoms with E-state index in [-0.39, 0.29) is 0 Å². The Labute approximate surface area is 136 Å². The van der Waals surface area contributed by atoms with E-state index in [0.717, 1.165) is 17.8 Å². The Morgan fingerprint density at radius 1 is 0.773 bits per heavy atom. The molecule has 0 aliphatic heterocycles. The zero-order valence-corrected chi connectivity index (χ0v) is 14.8. The van der Waals surface area contributed by atoms with E-state index in [1.807, 2.05) is 0 Å². The molecule has 0 bridgehead atoms. The first-order chi connectivity index (χ1) is 10.6. The molecular weight excluding hydrogens is 264 g/mol. The normalized spacial score (nSPS) is 15.6. The van der Waals surface area contributed by atoms with Crippen LogP contribution >= 0.6 is 0 Å². The van der Waals surface area contributed by atoms with E-state index < -0.39 is 0 Å². The largest absolute Gasteiger partial charge is 0.0654 e. The predicted octanol–water partition coefficient (Wildman–Crippen LogP) is 6.87. The minimum absolute atomic E-state index is 0.759. The number of benzene rings is 2. The zero-order valence-electron chi connectivity index (χ0n) is 14.8. The third-order valence-electron chi connectivity index (χ3n) is 4.84. The van der Waals surface area contributed by atoms with Crippen molar-refractivity contribution in [1.29, 1.82) is 0 Å². The van der Waals surface area contributed by atoms with E-state index in [1.54, 1.807) is 0 Å². The molecule has 0 saturated heterocycles. The monoisotopic (exact) mass is 296 g/mol. The zero-order chi connectivity index (χ0) is 15.9. The first-order valence-electron chi connectivity index (χ1n) is 9.06. The van der Waals surface area contributed by atoms with Gasteiger partial charge in [0.05, 0.1) is 0 Å². The highest BCUT2D eigenvalue weighted by molar-refractivity contribution is 5.85. The van der Waals surface area contributed by atoms with Crippen LogP contribution in [0.4, 0.5) is 0 Å². The lowest BCUT2D eigenvalue weighted by Gasteiger charge is -2.21. The fourth-order valence-corrected chi connectivity index (χ4v) is 4.01. The van der Waals surface area contributed by atoms with Gasteiger partial charge in [-0.1, -0.05) is 83.0 Å². The van der Waals surface area contributed by atoms with Crippen LogP contribution in [0.5, 0.6) is 0 Å². The molecule has 0 amide bonds. The van der Waals surface area contributed by atoms with E-state index in [4.69, 9.17) is 0 Å². The molecule has 0 aliphatic rings. The SMILES string of the molecule is CCCC(C)CC(C)CC(C)Cc1cccc2ccccc12. The average Bonchev–Trinajstić information content (AvgIpc) is 2.47. The lowest BCUT2D eigenvalue weighted by Crippen LogP contribution is -2.09. The number of hydrogen-bond acceptors (Lipinski definition) is 0. The van der Waals surface area contributed by atoms with Crippen molar-refractivity contribution in [3.63, 3.8) is 0 Å². The second kappa shape index (κ2) is 8.36. The smallest absolute Gasteiger partial charge is 0.0152 e. The predicted molar refractivity (Wildman–Crippen MR) is 99.3 cm³/mol. The Morgan fingerprint density at radius 2 is 1.45 bits per heavy atom. The van der Waals surface area contributed by atoms with Gasteiger partial charge in [0.1, 0.15) is 0 Å². The van der Waals surface area contributed by atoms with Gasteiger partial charge < -0.3 is 0 Å². The van der Waals surface area contributed by atoms with E-state index in [1.165, 1.54) is 48.4 Å². The summed E-state index contributed by atoms with van der Waals surface area (Å²) in [7, 11) is 0. The summed E-state index contributed by atoms with van der Waals surface area (Å²) in [4.78, 5) is 0. The standard InChI is InChI=1S/C22H32/c1-5-9-17(2)14-18(3)15-19(4)16-21-12-8-11-20-10-6-7-13-22(20)21/h6-8,10-13,17-19H,5,9,14-16H2,1-4H3. The maximum Gasteiger partial charge on any atom is -0.0152 e. The fourth-order valence-electron chi connectivity index (χ4n) is 4.01. The van der Waals surface area contributed by atoms with Crippen LogP contribution in [0.25, 0.3) is 10.8 Å². The van der Waals surface area contributed by atoms with Crippen molar-refractivity contribution in [3.8, 4) is 0 Å². The second-order valence-corrected chi connectivity index (χ2v) is 7.42. The van der Waals surface area contributed by atoms with Crippen molar-refractivity contribution in [2.24, 2.45) is 17.8 Å². The van der Waals surface area contributed by atoms with Gasteiger partial charge in [-0.2, -0.15) is 0 Å². The molecule has 2 rings (SSSR count). The molecule has 0 radical (unpaired) electrons. The second-order valence-electron chi connectivity index (χ2n) is 7.42. The third-order valence-corrected chi connectivity index (χ3v) is 4.84. The molecule has 0 heterocycles. The van der Waals surface area contributed by atoms with Crippen LogP contribution in [-0.2, 0) is 6.42 Å². The number of rotatable bonds is 8. The van der Waals surface area contributed by atoms with Crippen molar-refractivity contribution in [2.45, 2.75) is 59.8 Å². The van der Waals surface area contributed by atoms with Gasteiger partial charge in [0.2, 0.25) is 0 Å². The van der Waals surface area contributed by atoms with Crippen molar-refractivity contribution in [2.75, 3.05) is 0 Å². The van der Waals surface area contributed by atoms with Crippen LogP contribution in [0.2, 0.25) is 0 Å². The summed E-state index contributed by atoms with van der Waals surface area (Å²) in [6.45, 7) is 9.56. The first-order valence-corrected chi connectivity index (χ1v) is 9.06. The summed E-state index contributed by atoms with van der Waals surface area (Å²) in [5, 5.41) is 2.81. The van der Waals surface area contributed by atoms with Gasteiger partial charge >= 0.3 is 0 Å². The van der Waals surface area contributed by atoms with Crippen molar-refractivity contribution in [1.82, 2.24) is 0 Å². The quantitative estimate of drug-likeness (QED) is 0.498. The van der Waals surface area contributed by atoms with Crippen molar-refractivity contribution < 1.29 is 0 Å². The van der Waals surface area contributed by atoms with E-state index in [9.17, 15) is 0 Å². The molecule has 3 unspecified atom stereocenters. The van der Waals surface area contributed by atoms with Gasteiger partial charge in [0.25, 0.3) is 0 Å². The Hall–Kier alpha value is -1.30. The molecule has 3 atom stereocenters. The molecule has 0 saturated carbocycles. The van der Waals surface area contributed by atoms with E-state index in [0.29, 0.717) is 0 Å². The van der Waals surface area contributed by atoms with Gasteiger partial charge in [-0.05, 0) is 53.4 Å². The van der Waals surface area contributed by atoms with Gasteiger partial charge in [0.15, 0.2) is 0 Å². The maximum atomic E-state index is 2.44. The molecule has 0 heteroatoms. The minimum Gasteiger partial charge on any atom is -0.0654 e. The molecule has 0 nitrogen and oxygen atoms in total. The summed E-state index contributed by atoms with van der Waals surface area (Å²) in [5.74, 6) is 2.48. The van der Waals surface area contributed by atoms with Crippen LogP contribution in [0, 0.1) is 17.8 Å². The highest BCUT2D eigenvalue weighted by atomic mass is 14.2. The Kier molecular flexibility index (Phi) is 6.49. The van der Waals surface area contributed by atoms with Gasteiger partial charge in [-0.25, -0.2) is 0 Å². The van der Waals surface area contributed by atoms with Crippen LogP contribution in [-0.4, -0.2) is 0 Å². The molecule has 22 heavy (non-hydrogen) atoms. The third kappa shape index (κ3) is 4.87. The molecule has 0 aromatic heterocycles. The first kappa shape index (κ1) is 17.1. The number of hydrogen-bond donors (Lipinski definition) is 0. The summed E-state index contributed by atoms with van der Waals surface area (Å²) in [6.07, 6.45) is 6.63. The lowest BCUT2D eigenvalue weighted by molar-refractivity contribution is 0.332. The molecule has 0 spiro atoms. The minimum atomic E-state index is 0.759. The summed E-state index contributed by atoms with van der Waals surface area (Å²) in [5.41, 5.74) is 1.51. The van der Waals surface area contributed by atoms with Gasteiger partial charge in [-0.3, -0.25) is 0 Å². The number of fused-ring (bicyclic) bond motifs is 1. The van der Waals surface area contributed by atoms with Crippen LogP contribution in [0.3, 0.4) is 0 Å². The Bertz CT molecular complexity index is 564. The molecule has 0 fully saturated rings. The van der Waals surface area contributed by atoms with Crippen LogP contribution in [0.15, 0.2) is 42.5 Å². The fraction of sp³-hybridized carbons (Fsp3) is 0.545. The van der Waals surface area contributed by atoms with Crippen LogP contribution < -0.4 is 0 Å². The molecular formula is C22H32. The highest BCUT2D eigenvalue weighted by Gasteiger charge is 2.13. The molecule has 0 N–H and O–H groups in total. The highest BCUT2D eigenvalue weighted by Crippen LogP contribution is 2.26. The topological polar surface area (TPSA) is 0 Å². The van der Waals surface area contributed by atoms with Gasteiger partial charge in [-0.15, -0.1) is 0 Å². The Balaban J connectivity index is 1.95. The summed E-state index contributed by atoms with van der Waals surface area (Å²) >= 11 is 0. The summed E-state index contributed by atoms with van der Waals surface area (Å²) < 4.78 is 0. The average molecular weight is 296 g/mol. The summed E-state index contributed by atoms with van der Waals surface area (Å²) in [6, 6.07) is 15.5. The van der Waals surface area contributed by atoms with Crippen molar-refractivity contribution >= 4 is 10.8 Å². The van der Waals surface area contributed by atoms with Crippen LogP contribution in [0.1, 0.15) is 58.9 Å². The molecule has 120 valence electrons. The lowest BCUT2D eigenvalue weighted by atomic mass is 9.85. The van der Waals surface area contributed by atoms with Gasteiger partial charge in [0, 0.05) is 0 Å². The molecule has 2 aromatic carbocycles. The molecule has 0 aliphatic carbocycles. The Morgan fingerprint density at radius 3 is 2.23 bits per heavy atom. The van der Waals surface area contributed by atoms with Crippen molar-refractivity contribution in [3.05, 3.63) is 48.0 Å². The maximum absolute atomic E-state index is 2.44. The molecule has 2 aromatic rings. The van der Waals surface area contributed by atoms with E-state index >= 15 is 0 Å². The van der Waals surface area contributed by atoms with E-state index in [2.05, 4.69) is 70.2 Å².